The quantitative estimate of drug-likeness (QED) is 0.866. The standard InChI is InChI=1S/C16H24N2OS/c1-11(16(2,3)4)10-14(19)18(5)13-8-6-12(7-9-13)15(17)20/h6-9,11H,10H2,1-5H3,(H2,17,20). The summed E-state index contributed by atoms with van der Waals surface area (Å²) in [4.78, 5) is 14.3. The smallest absolute Gasteiger partial charge is 0.227 e. The van der Waals surface area contributed by atoms with Gasteiger partial charge in [-0.1, -0.05) is 39.9 Å². The van der Waals surface area contributed by atoms with Crippen LogP contribution in [0.25, 0.3) is 0 Å². The van der Waals surface area contributed by atoms with Gasteiger partial charge in [-0.2, -0.15) is 0 Å². The molecule has 0 saturated heterocycles. The van der Waals surface area contributed by atoms with Crippen molar-refractivity contribution < 1.29 is 4.79 Å². The fourth-order valence-corrected chi connectivity index (χ4v) is 1.83. The van der Waals surface area contributed by atoms with Crippen LogP contribution in [0.15, 0.2) is 24.3 Å². The summed E-state index contributed by atoms with van der Waals surface area (Å²) in [5.74, 6) is 0.448. The van der Waals surface area contributed by atoms with Crippen molar-refractivity contribution in [1.29, 1.82) is 0 Å². The van der Waals surface area contributed by atoms with Crippen molar-refractivity contribution in [3.8, 4) is 0 Å². The molecule has 0 bridgehead atoms. The lowest BCUT2D eigenvalue weighted by Gasteiger charge is -2.28. The van der Waals surface area contributed by atoms with Crippen molar-refractivity contribution in [1.82, 2.24) is 0 Å². The molecule has 0 aliphatic rings. The number of carbonyl (C=O) groups is 1. The molecule has 0 heterocycles. The molecule has 2 N–H and O–H groups in total. The Kier molecular flexibility index (Phi) is 5.28. The molecular formula is C16H24N2OS. The Morgan fingerprint density at radius 2 is 1.80 bits per heavy atom. The number of thiocarbonyl (C=S) groups is 1. The summed E-state index contributed by atoms with van der Waals surface area (Å²) in [5.41, 5.74) is 7.37. The number of anilines is 1. The Bertz CT molecular complexity index is 488. The van der Waals surface area contributed by atoms with Gasteiger partial charge in [0, 0.05) is 24.7 Å². The highest BCUT2D eigenvalue weighted by Gasteiger charge is 2.24. The van der Waals surface area contributed by atoms with Gasteiger partial charge < -0.3 is 10.6 Å². The van der Waals surface area contributed by atoms with Crippen molar-refractivity contribution >= 4 is 28.8 Å². The molecule has 0 aromatic heterocycles. The minimum atomic E-state index is 0.121. The van der Waals surface area contributed by atoms with Crippen molar-refractivity contribution in [2.75, 3.05) is 11.9 Å². The van der Waals surface area contributed by atoms with Gasteiger partial charge in [-0.05, 0) is 35.6 Å². The van der Waals surface area contributed by atoms with Crippen LogP contribution in [-0.2, 0) is 4.79 Å². The number of amides is 1. The lowest BCUT2D eigenvalue weighted by atomic mass is 9.80. The molecule has 0 aliphatic carbocycles. The summed E-state index contributed by atoms with van der Waals surface area (Å²) >= 11 is 4.92. The lowest BCUT2D eigenvalue weighted by molar-refractivity contribution is -0.119. The molecule has 4 heteroatoms. The Labute approximate surface area is 127 Å². The van der Waals surface area contributed by atoms with Crippen LogP contribution in [-0.4, -0.2) is 17.9 Å². The first-order chi connectivity index (χ1) is 9.12. The van der Waals surface area contributed by atoms with Gasteiger partial charge in [0.25, 0.3) is 0 Å². The topological polar surface area (TPSA) is 46.3 Å². The van der Waals surface area contributed by atoms with Crippen LogP contribution in [0, 0.1) is 11.3 Å². The second-order valence-corrected chi connectivity index (χ2v) is 6.77. The minimum Gasteiger partial charge on any atom is -0.389 e. The Morgan fingerprint density at radius 3 is 2.20 bits per heavy atom. The van der Waals surface area contributed by atoms with E-state index in [4.69, 9.17) is 18.0 Å². The third kappa shape index (κ3) is 4.30. The van der Waals surface area contributed by atoms with Crippen LogP contribution in [0.5, 0.6) is 0 Å². The van der Waals surface area contributed by atoms with E-state index in [-0.39, 0.29) is 11.3 Å². The molecule has 0 aliphatic heterocycles. The first-order valence-electron chi connectivity index (χ1n) is 6.79. The molecule has 1 rings (SSSR count). The van der Waals surface area contributed by atoms with Gasteiger partial charge in [0.05, 0.1) is 0 Å². The largest absolute Gasteiger partial charge is 0.389 e. The molecule has 1 aromatic rings. The molecule has 1 unspecified atom stereocenters. The van der Waals surface area contributed by atoms with E-state index < -0.39 is 0 Å². The highest BCUT2D eigenvalue weighted by Crippen LogP contribution is 2.29. The first kappa shape index (κ1) is 16.6. The minimum absolute atomic E-state index is 0.121. The van der Waals surface area contributed by atoms with Crippen molar-refractivity contribution in [2.45, 2.75) is 34.1 Å². The number of nitrogens with two attached hydrogens (primary N) is 1. The molecular weight excluding hydrogens is 268 g/mol. The van der Waals surface area contributed by atoms with E-state index in [1.807, 2.05) is 24.3 Å². The predicted molar refractivity (Wildman–Crippen MR) is 89.0 cm³/mol. The van der Waals surface area contributed by atoms with Crippen molar-refractivity contribution in [3.05, 3.63) is 29.8 Å². The monoisotopic (exact) mass is 292 g/mol. The third-order valence-corrected chi connectivity index (χ3v) is 4.11. The summed E-state index contributed by atoms with van der Waals surface area (Å²) < 4.78 is 0. The number of nitrogens with zero attached hydrogens (tertiary/aromatic N) is 1. The fraction of sp³-hybridized carbons (Fsp3) is 0.500. The van der Waals surface area contributed by atoms with Gasteiger partial charge in [-0.25, -0.2) is 0 Å². The highest BCUT2D eigenvalue weighted by atomic mass is 32.1. The van der Waals surface area contributed by atoms with E-state index in [0.717, 1.165) is 11.3 Å². The number of hydrogen-bond acceptors (Lipinski definition) is 2. The van der Waals surface area contributed by atoms with Gasteiger partial charge in [0.1, 0.15) is 4.99 Å². The summed E-state index contributed by atoms with van der Waals surface area (Å²) in [7, 11) is 1.80. The Balaban J connectivity index is 2.76. The van der Waals surface area contributed by atoms with Crippen LogP contribution in [0.3, 0.4) is 0 Å². The van der Waals surface area contributed by atoms with Crippen LogP contribution in [0.2, 0.25) is 0 Å². The molecule has 0 saturated carbocycles. The number of benzene rings is 1. The van der Waals surface area contributed by atoms with E-state index in [1.54, 1.807) is 11.9 Å². The summed E-state index contributed by atoms with van der Waals surface area (Å²) in [6.45, 7) is 8.58. The predicted octanol–water partition coefficient (Wildman–Crippen LogP) is 3.36. The zero-order valence-electron chi connectivity index (χ0n) is 12.9. The summed E-state index contributed by atoms with van der Waals surface area (Å²) in [6.07, 6.45) is 0.539. The summed E-state index contributed by atoms with van der Waals surface area (Å²) in [5, 5.41) is 0. The SMILES string of the molecule is CC(CC(=O)N(C)c1ccc(C(N)=S)cc1)C(C)(C)C. The number of rotatable bonds is 4. The number of carbonyl (C=O) groups excluding carboxylic acids is 1. The Morgan fingerprint density at radius 1 is 1.30 bits per heavy atom. The van der Waals surface area contributed by atoms with Crippen LogP contribution in [0.4, 0.5) is 5.69 Å². The molecule has 0 spiro atoms. The average Bonchev–Trinajstić information content (AvgIpc) is 2.36. The van der Waals surface area contributed by atoms with Crippen LogP contribution >= 0.6 is 12.2 Å². The zero-order chi connectivity index (χ0) is 15.5. The second kappa shape index (κ2) is 6.35. The van der Waals surface area contributed by atoms with Gasteiger partial charge in [-0.3, -0.25) is 4.79 Å². The number of hydrogen-bond donors (Lipinski definition) is 1. The highest BCUT2D eigenvalue weighted by molar-refractivity contribution is 7.80. The first-order valence-corrected chi connectivity index (χ1v) is 7.20. The zero-order valence-corrected chi connectivity index (χ0v) is 13.8. The maximum absolute atomic E-state index is 12.3. The fourth-order valence-electron chi connectivity index (χ4n) is 1.70. The lowest BCUT2D eigenvalue weighted by Crippen LogP contribution is -2.31. The molecule has 110 valence electrons. The van der Waals surface area contributed by atoms with E-state index in [1.165, 1.54) is 0 Å². The molecule has 20 heavy (non-hydrogen) atoms. The van der Waals surface area contributed by atoms with Crippen LogP contribution < -0.4 is 10.6 Å². The van der Waals surface area contributed by atoms with Gasteiger partial charge >= 0.3 is 0 Å². The summed E-state index contributed by atoms with van der Waals surface area (Å²) in [6, 6.07) is 7.42. The molecule has 1 aromatic carbocycles. The van der Waals surface area contributed by atoms with E-state index in [2.05, 4.69) is 27.7 Å². The molecule has 3 nitrogen and oxygen atoms in total. The maximum atomic E-state index is 12.3. The second-order valence-electron chi connectivity index (χ2n) is 6.34. The molecule has 1 amide bonds. The van der Waals surface area contributed by atoms with Crippen molar-refractivity contribution in [3.63, 3.8) is 0 Å². The van der Waals surface area contributed by atoms with Gasteiger partial charge in [0.2, 0.25) is 5.91 Å². The molecule has 0 radical (unpaired) electrons. The maximum Gasteiger partial charge on any atom is 0.227 e. The van der Waals surface area contributed by atoms with E-state index >= 15 is 0 Å². The van der Waals surface area contributed by atoms with Crippen molar-refractivity contribution in [2.24, 2.45) is 17.1 Å². The molecule has 0 fully saturated rings. The average molecular weight is 292 g/mol. The molecule has 1 atom stereocenters. The van der Waals surface area contributed by atoms with Gasteiger partial charge in [-0.15, -0.1) is 0 Å². The normalized spacial score (nSPS) is 12.8. The van der Waals surface area contributed by atoms with Crippen LogP contribution in [0.1, 0.15) is 39.7 Å². The van der Waals surface area contributed by atoms with E-state index in [9.17, 15) is 4.79 Å². The van der Waals surface area contributed by atoms with E-state index in [0.29, 0.717) is 17.3 Å². The third-order valence-electron chi connectivity index (χ3n) is 3.87. The van der Waals surface area contributed by atoms with Gasteiger partial charge in [0.15, 0.2) is 0 Å². The Hall–Kier alpha value is -1.42.